The first kappa shape index (κ1) is 5.83. The molecule has 0 radical (unpaired) electrons. The first-order valence-corrected chi connectivity index (χ1v) is 2.58. The molecule has 0 aromatic carbocycles. The van der Waals surface area contributed by atoms with Crippen LogP contribution < -0.4 is 0 Å². The van der Waals surface area contributed by atoms with Gasteiger partial charge in [0.1, 0.15) is 11.6 Å². The van der Waals surface area contributed by atoms with Gasteiger partial charge in [-0.2, -0.15) is 5.26 Å². The van der Waals surface area contributed by atoms with E-state index in [1.807, 2.05) is 6.07 Å². The molecular weight excluding hydrogens is 116 g/mol. The average molecular weight is 122 g/mol. The second kappa shape index (κ2) is 1.90. The molecule has 0 atom stereocenters. The van der Waals surface area contributed by atoms with Crippen LogP contribution in [-0.2, 0) is 0 Å². The molecule has 0 saturated heterocycles. The van der Waals surface area contributed by atoms with Gasteiger partial charge in [0.05, 0.1) is 5.69 Å². The van der Waals surface area contributed by atoms with Gasteiger partial charge in [-0.25, -0.2) is 0 Å². The number of nitrogens with zero attached hydrogens (tertiary/aromatic N) is 2. The molecular formula is C6H6N2O. The highest BCUT2D eigenvalue weighted by Gasteiger charge is 2.05. The summed E-state index contributed by atoms with van der Waals surface area (Å²) in [5.74, 6) is 0.593. The third-order valence-electron chi connectivity index (χ3n) is 1.15. The van der Waals surface area contributed by atoms with Crippen LogP contribution in [0.3, 0.4) is 0 Å². The van der Waals surface area contributed by atoms with Gasteiger partial charge in [0.25, 0.3) is 0 Å². The van der Waals surface area contributed by atoms with E-state index in [0.717, 1.165) is 0 Å². The van der Waals surface area contributed by atoms with Gasteiger partial charge in [0.15, 0.2) is 5.76 Å². The van der Waals surface area contributed by atoms with Gasteiger partial charge in [-0.15, -0.1) is 0 Å². The maximum Gasteiger partial charge on any atom is 0.151 e. The minimum atomic E-state index is 0.551. The maximum atomic E-state index is 8.44. The fourth-order valence-corrected chi connectivity index (χ4v) is 0.643. The fourth-order valence-electron chi connectivity index (χ4n) is 0.643. The molecule has 0 spiro atoms. The molecule has 0 amide bonds. The van der Waals surface area contributed by atoms with E-state index in [4.69, 9.17) is 9.78 Å². The number of aromatic nitrogens is 1. The van der Waals surface area contributed by atoms with Crippen molar-refractivity contribution in [3.8, 4) is 6.07 Å². The van der Waals surface area contributed by atoms with E-state index in [2.05, 4.69) is 5.16 Å². The van der Waals surface area contributed by atoms with Gasteiger partial charge in [0.2, 0.25) is 0 Å². The highest BCUT2D eigenvalue weighted by Crippen LogP contribution is 2.08. The van der Waals surface area contributed by atoms with Gasteiger partial charge in [-0.3, -0.25) is 0 Å². The molecule has 0 unspecified atom stereocenters. The Kier molecular flexibility index (Phi) is 1.23. The molecule has 3 nitrogen and oxygen atoms in total. The van der Waals surface area contributed by atoms with Crippen molar-refractivity contribution in [3.63, 3.8) is 0 Å². The topological polar surface area (TPSA) is 49.8 Å². The van der Waals surface area contributed by atoms with Crippen molar-refractivity contribution in [1.29, 1.82) is 5.26 Å². The summed E-state index contributed by atoms with van der Waals surface area (Å²) < 4.78 is 4.71. The number of aryl methyl sites for hydroxylation is 2. The quantitative estimate of drug-likeness (QED) is 0.518. The lowest BCUT2D eigenvalue weighted by molar-refractivity contribution is 0.393. The monoisotopic (exact) mass is 122 g/mol. The lowest BCUT2D eigenvalue weighted by atomic mass is 10.2. The summed E-state index contributed by atoms with van der Waals surface area (Å²) in [6.45, 7) is 3.47. The molecule has 0 aliphatic carbocycles. The number of rotatable bonds is 0. The molecule has 1 aromatic heterocycles. The normalized spacial score (nSPS) is 9.00. The van der Waals surface area contributed by atoms with E-state index in [0.29, 0.717) is 17.0 Å². The second-order valence-corrected chi connectivity index (χ2v) is 1.81. The Labute approximate surface area is 52.9 Å². The third kappa shape index (κ3) is 0.789. The summed E-state index contributed by atoms with van der Waals surface area (Å²) in [5, 5.41) is 12.0. The lowest BCUT2D eigenvalue weighted by Gasteiger charge is -1.77. The van der Waals surface area contributed by atoms with E-state index in [1.54, 1.807) is 13.8 Å². The smallest absolute Gasteiger partial charge is 0.151 e. The van der Waals surface area contributed by atoms with E-state index in [-0.39, 0.29) is 0 Å². The van der Waals surface area contributed by atoms with Gasteiger partial charge < -0.3 is 4.52 Å². The van der Waals surface area contributed by atoms with Crippen molar-refractivity contribution in [2.75, 3.05) is 0 Å². The Morgan fingerprint density at radius 2 is 2.22 bits per heavy atom. The molecule has 0 N–H and O–H groups in total. The molecule has 1 aromatic rings. The van der Waals surface area contributed by atoms with Crippen LogP contribution in [0.4, 0.5) is 0 Å². The summed E-state index contributed by atoms with van der Waals surface area (Å²) in [5.41, 5.74) is 1.21. The van der Waals surface area contributed by atoms with Crippen molar-refractivity contribution in [3.05, 3.63) is 17.0 Å². The molecule has 1 heterocycles. The molecule has 0 bridgehead atoms. The van der Waals surface area contributed by atoms with Crippen molar-refractivity contribution >= 4 is 0 Å². The summed E-state index contributed by atoms with van der Waals surface area (Å²) >= 11 is 0. The van der Waals surface area contributed by atoms with E-state index in [9.17, 15) is 0 Å². The Morgan fingerprint density at radius 1 is 1.56 bits per heavy atom. The van der Waals surface area contributed by atoms with Crippen molar-refractivity contribution in [2.45, 2.75) is 13.8 Å². The number of hydrogen-bond donors (Lipinski definition) is 0. The number of hydrogen-bond acceptors (Lipinski definition) is 3. The Hall–Kier alpha value is -1.30. The zero-order valence-corrected chi connectivity index (χ0v) is 5.30. The zero-order chi connectivity index (χ0) is 6.85. The highest BCUT2D eigenvalue weighted by molar-refractivity contribution is 5.33. The molecule has 0 fully saturated rings. The van der Waals surface area contributed by atoms with E-state index >= 15 is 0 Å². The summed E-state index contributed by atoms with van der Waals surface area (Å²) in [7, 11) is 0. The van der Waals surface area contributed by atoms with E-state index in [1.165, 1.54) is 0 Å². The molecule has 0 saturated carbocycles. The Bertz CT molecular complexity index is 237. The SMILES string of the molecule is Cc1noc(C)c1C#N. The molecule has 1 rings (SSSR count). The Morgan fingerprint density at radius 3 is 2.44 bits per heavy atom. The standard InChI is InChI=1S/C6H6N2O/c1-4-6(3-7)5(2)9-8-4/h1-2H3. The predicted octanol–water partition coefficient (Wildman–Crippen LogP) is 1.16. The first-order chi connectivity index (χ1) is 4.25. The maximum absolute atomic E-state index is 8.44. The Balaban J connectivity index is 3.27. The fraction of sp³-hybridized carbons (Fsp3) is 0.333. The summed E-state index contributed by atoms with van der Waals surface area (Å²) in [6.07, 6.45) is 0. The van der Waals surface area contributed by atoms with Gasteiger partial charge in [-0.1, -0.05) is 5.16 Å². The van der Waals surface area contributed by atoms with Crippen LogP contribution in [0.2, 0.25) is 0 Å². The van der Waals surface area contributed by atoms with Crippen LogP contribution in [0, 0.1) is 25.2 Å². The molecule has 9 heavy (non-hydrogen) atoms. The average Bonchev–Trinajstić information content (AvgIpc) is 2.12. The minimum Gasteiger partial charge on any atom is -0.360 e. The molecule has 3 heteroatoms. The summed E-state index contributed by atoms with van der Waals surface area (Å²) in [4.78, 5) is 0. The van der Waals surface area contributed by atoms with Crippen LogP contribution in [0.5, 0.6) is 0 Å². The molecule has 46 valence electrons. The van der Waals surface area contributed by atoms with E-state index < -0.39 is 0 Å². The van der Waals surface area contributed by atoms with Crippen molar-refractivity contribution in [2.24, 2.45) is 0 Å². The van der Waals surface area contributed by atoms with Gasteiger partial charge in [0, 0.05) is 0 Å². The van der Waals surface area contributed by atoms with Gasteiger partial charge in [-0.05, 0) is 13.8 Å². The van der Waals surface area contributed by atoms with Crippen LogP contribution in [0.15, 0.2) is 4.52 Å². The van der Waals surface area contributed by atoms with Crippen molar-refractivity contribution < 1.29 is 4.52 Å². The molecule has 0 aliphatic rings. The second-order valence-electron chi connectivity index (χ2n) is 1.81. The largest absolute Gasteiger partial charge is 0.360 e. The first-order valence-electron chi connectivity index (χ1n) is 2.58. The van der Waals surface area contributed by atoms with Crippen LogP contribution in [-0.4, -0.2) is 5.16 Å². The van der Waals surface area contributed by atoms with Crippen LogP contribution >= 0.6 is 0 Å². The summed E-state index contributed by atoms with van der Waals surface area (Å²) in [6, 6.07) is 1.99. The zero-order valence-electron chi connectivity index (χ0n) is 5.30. The van der Waals surface area contributed by atoms with Gasteiger partial charge >= 0.3 is 0 Å². The van der Waals surface area contributed by atoms with Crippen LogP contribution in [0.25, 0.3) is 0 Å². The highest BCUT2D eigenvalue weighted by atomic mass is 16.5. The van der Waals surface area contributed by atoms with Crippen molar-refractivity contribution in [1.82, 2.24) is 5.16 Å². The van der Waals surface area contributed by atoms with Crippen LogP contribution in [0.1, 0.15) is 17.0 Å². The molecule has 0 aliphatic heterocycles. The minimum absolute atomic E-state index is 0.551. The predicted molar refractivity (Wildman–Crippen MR) is 30.7 cm³/mol. The lowest BCUT2D eigenvalue weighted by Crippen LogP contribution is -1.75. The third-order valence-corrected chi connectivity index (χ3v) is 1.15. The number of nitriles is 1.